The number of esters is 1. The number of hydrogen-bond acceptors (Lipinski definition) is 7. The van der Waals surface area contributed by atoms with E-state index in [1.54, 1.807) is 0 Å². The molecule has 1 aliphatic heterocycles. The Bertz CT molecular complexity index is 518. The molecule has 31 heavy (non-hydrogen) atoms. The van der Waals surface area contributed by atoms with Crippen molar-refractivity contribution in [1.29, 1.82) is 0 Å². The van der Waals surface area contributed by atoms with Crippen LogP contribution in [0.25, 0.3) is 0 Å². The zero-order valence-electron chi connectivity index (χ0n) is 18.9. The monoisotopic (exact) mass is 442 g/mol. The lowest BCUT2D eigenvalue weighted by atomic mass is 9.99. The van der Waals surface area contributed by atoms with Crippen molar-refractivity contribution in [2.45, 2.75) is 115 Å². The molecule has 1 unspecified atom stereocenters. The molecule has 7 nitrogen and oxygen atoms in total. The third-order valence-electron chi connectivity index (χ3n) is 5.43. The van der Waals surface area contributed by atoms with Crippen LogP contribution in [0.2, 0.25) is 0 Å². The first-order valence-corrected chi connectivity index (χ1v) is 11.8. The summed E-state index contributed by atoms with van der Waals surface area (Å²) in [6.07, 6.45) is 14.1. The number of hydrogen-bond donors (Lipinski definition) is 4. The molecule has 0 spiro atoms. The maximum atomic E-state index is 11.9. The summed E-state index contributed by atoms with van der Waals surface area (Å²) in [5, 5.41) is 38.4. The molecule has 1 aliphatic rings. The van der Waals surface area contributed by atoms with Crippen LogP contribution in [0, 0.1) is 0 Å². The fraction of sp³-hybridized carbons (Fsp3) is 0.792. The largest absolute Gasteiger partial charge is 0.433 e. The van der Waals surface area contributed by atoms with Crippen LogP contribution >= 0.6 is 0 Å². The van der Waals surface area contributed by atoms with Crippen LogP contribution in [0.1, 0.15) is 84.0 Å². The van der Waals surface area contributed by atoms with Crippen molar-refractivity contribution >= 4 is 5.97 Å². The molecule has 0 bridgehead atoms. The minimum Gasteiger partial charge on any atom is -0.433 e. The van der Waals surface area contributed by atoms with Gasteiger partial charge in [-0.25, -0.2) is 0 Å². The van der Waals surface area contributed by atoms with Gasteiger partial charge in [-0.3, -0.25) is 4.79 Å². The van der Waals surface area contributed by atoms with E-state index in [1.165, 1.54) is 25.7 Å². The standard InChI is InChI=1S/C24H42O7/c1-2-3-4-5-6-7-8-9-10-11-12-13-14-15-16-17-20(26)31-24-23(29)22(28)21(27)19(18-25)30-24/h6-7,9-10,19,21-25,27-29H,2-5,8,11-18H2,1H3/b7-6+,10-9+/t19-,21-,22+,23-,24?/m1/s1. The highest BCUT2D eigenvalue weighted by Crippen LogP contribution is 2.22. The van der Waals surface area contributed by atoms with Gasteiger partial charge < -0.3 is 29.9 Å². The van der Waals surface area contributed by atoms with Crippen molar-refractivity contribution < 1.29 is 34.7 Å². The lowest BCUT2D eigenvalue weighted by molar-refractivity contribution is -0.292. The van der Waals surface area contributed by atoms with E-state index in [9.17, 15) is 20.1 Å². The van der Waals surface area contributed by atoms with Gasteiger partial charge >= 0.3 is 5.97 Å². The van der Waals surface area contributed by atoms with Gasteiger partial charge in [0.2, 0.25) is 6.29 Å². The van der Waals surface area contributed by atoms with Crippen molar-refractivity contribution in [2.75, 3.05) is 6.61 Å². The summed E-state index contributed by atoms with van der Waals surface area (Å²) in [4.78, 5) is 11.9. The third-order valence-corrected chi connectivity index (χ3v) is 5.43. The highest BCUT2D eigenvalue weighted by atomic mass is 16.7. The van der Waals surface area contributed by atoms with E-state index < -0.39 is 43.3 Å². The summed E-state index contributed by atoms with van der Waals surface area (Å²) < 4.78 is 10.2. The molecule has 1 heterocycles. The second-order valence-corrected chi connectivity index (χ2v) is 8.17. The number of aliphatic hydroxyl groups is 4. The average Bonchev–Trinajstić information content (AvgIpc) is 2.76. The normalized spacial score (nSPS) is 26.7. The van der Waals surface area contributed by atoms with Gasteiger partial charge in [0.05, 0.1) is 6.61 Å². The zero-order chi connectivity index (χ0) is 22.9. The summed E-state index contributed by atoms with van der Waals surface area (Å²) >= 11 is 0. The van der Waals surface area contributed by atoms with Gasteiger partial charge in [-0.2, -0.15) is 0 Å². The Morgan fingerprint density at radius 2 is 1.45 bits per heavy atom. The number of allylic oxidation sites excluding steroid dienone is 4. The highest BCUT2D eigenvalue weighted by molar-refractivity contribution is 5.69. The van der Waals surface area contributed by atoms with Gasteiger partial charge in [-0.05, 0) is 38.5 Å². The van der Waals surface area contributed by atoms with E-state index in [0.29, 0.717) is 6.42 Å². The minimum atomic E-state index is -1.55. The Kier molecular flexibility index (Phi) is 15.5. The van der Waals surface area contributed by atoms with Crippen LogP contribution in [0.15, 0.2) is 24.3 Å². The molecule has 0 aromatic carbocycles. The molecule has 180 valence electrons. The van der Waals surface area contributed by atoms with Crippen LogP contribution in [0.5, 0.6) is 0 Å². The minimum absolute atomic E-state index is 0.194. The molecule has 0 aromatic rings. The van der Waals surface area contributed by atoms with Crippen LogP contribution in [0.4, 0.5) is 0 Å². The van der Waals surface area contributed by atoms with Crippen molar-refractivity contribution in [3.05, 3.63) is 24.3 Å². The quantitative estimate of drug-likeness (QED) is 0.165. The van der Waals surface area contributed by atoms with Gasteiger partial charge in [0.15, 0.2) is 0 Å². The molecule has 0 saturated carbocycles. The second-order valence-electron chi connectivity index (χ2n) is 8.17. The predicted octanol–water partition coefficient (Wildman–Crippen LogP) is 3.14. The maximum absolute atomic E-state index is 11.9. The lowest BCUT2D eigenvalue weighted by Gasteiger charge is -2.39. The first kappa shape index (κ1) is 27.8. The van der Waals surface area contributed by atoms with Crippen LogP contribution in [-0.4, -0.2) is 63.7 Å². The number of rotatable bonds is 16. The smallest absolute Gasteiger partial charge is 0.308 e. The summed E-state index contributed by atoms with van der Waals surface area (Å²) in [5.41, 5.74) is 0. The Labute approximate surface area is 186 Å². The second kappa shape index (κ2) is 17.3. The highest BCUT2D eigenvalue weighted by Gasteiger charge is 2.45. The molecule has 1 rings (SSSR count). The van der Waals surface area contributed by atoms with E-state index in [-0.39, 0.29) is 6.42 Å². The van der Waals surface area contributed by atoms with Crippen molar-refractivity contribution in [3.63, 3.8) is 0 Å². The van der Waals surface area contributed by atoms with E-state index in [4.69, 9.17) is 14.6 Å². The van der Waals surface area contributed by atoms with E-state index in [1.807, 2.05) is 0 Å². The SMILES string of the molecule is CCCCC/C=C/C/C=C/CCCCCCCC(=O)OC1O[C@H](CO)[C@@H](O)[C@H](O)[C@H]1O. The Morgan fingerprint density at radius 1 is 0.839 bits per heavy atom. The number of ether oxygens (including phenoxy) is 2. The first-order valence-electron chi connectivity index (χ1n) is 11.8. The Hall–Kier alpha value is -1.25. The fourth-order valence-electron chi connectivity index (χ4n) is 3.43. The summed E-state index contributed by atoms with van der Waals surface area (Å²) in [5.74, 6) is -0.532. The summed E-state index contributed by atoms with van der Waals surface area (Å²) in [7, 11) is 0. The van der Waals surface area contributed by atoms with Crippen LogP contribution in [-0.2, 0) is 14.3 Å². The average molecular weight is 443 g/mol. The molecule has 0 amide bonds. The first-order chi connectivity index (χ1) is 15.0. The molecule has 7 heteroatoms. The Morgan fingerprint density at radius 3 is 2.10 bits per heavy atom. The van der Waals surface area contributed by atoms with Crippen LogP contribution in [0.3, 0.4) is 0 Å². The molecule has 4 N–H and O–H groups in total. The molecule has 1 fully saturated rings. The fourth-order valence-corrected chi connectivity index (χ4v) is 3.43. The molecular weight excluding hydrogens is 400 g/mol. The summed E-state index contributed by atoms with van der Waals surface area (Å²) in [6, 6.07) is 0. The van der Waals surface area contributed by atoms with Gasteiger partial charge in [-0.1, -0.05) is 63.3 Å². The van der Waals surface area contributed by atoms with Crippen molar-refractivity contribution in [1.82, 2.24) is 0 Å². The van der Waals surface area contributed by atoms with Gasteiger partial charge in [0, 0.05) is 6.42 Å². The number of carbonyl (C=O) groups is 1. The lowest BCUT2D eigenvalue weighted by Crippen LogP contribution is -2.59. The molecule has 5 atom stereocenters. The van der Waals surface area contributed by atoms with E-state index in [2.05, 4.69) is 31.2 Å². The molecule has 0 aromatic heterocycles. The van der Waals surface area contributed by atoms with Crippen LogP contribution < -0.4 is 0 Å². The van der Waals surface area contributed by atoms with Crippen molar-refractivity contribution in [3.8, 4) is 0 Å². The molecule has 1 saturated heterocycles. The summed E-state index contributed by atoms with van der Waals surface area (Å²) in [6.45, 7) is 1.67. The van der Waals surface area contributed by atoms with E-state index >= 15 is 0 Å². The topological polar surface area (TPSA) is 116 Å². The number of aliphatic hydroxyl groups excluding tert-OH is 4. The molecule has 0 aliphatic carbocycles. The predicted molar refractivity (Wildman–Crippen MR) is 119 cm³/mol. The third kappa shape index (κ3) is 11.8. The van der Waals surface area contributed by atoms with Gasteiger partial charge in [0.1, 0.15) is 24.4 Å². The Balaban J connectivity index is 2.03. The van der Waals surface area contributed by atoms with Crippen molar-refractivity contribution in [2.24, 2.45) is 0 Å². The molecule has 0 radical (unpaired) electrons. The van der Waals surface area contributed by atoms with Gasteiger partial charge in [-0.15, -0.1) is 0 Å². The number of carbonyl (C=O) groups excluding carboxylic acids is 1. The molecular formula is C24H42O7. The number of unbranched alkanes of at least 4 members (excludes halogenated alkanes) is 8. The maximum Gasteiger partial charge on any atom is 0.308 e. The zero-order valence-corrected chi connectivity index (χ0v) is 18.9. The van der Waals surface area contributed by atoms with Gasteiger partial charge in [0.25, 0.3) is 0 Å². The van der Waals surface area contributed by atoms with E-state index in [0.717, 1.165) is 38.5 Å².